The van der Waals surface area contributed by atoms with Crippen molar-refractivity contribution in [1.29, 1.82) is 0 Å². The molecule has 182 valence electrons. The van der Waals surface area contributed by atoms with Crippen molar-refractivity contribution in [3.05, 3.63) is 106 Å². The molecule has 36 heavy (non-hydrogen) atoms. The molecule has 1 unspecified atom stereocenters. The van der Waals surface area contributed by atoms with Gasteiger partial charge in [0.2, 0.25) is 5.91 Å². The number of hydrogen-bond donors (Lipinski definition) is 2. The Kier molecular flexibility index (Phi) is 6.29. The van der Waals surface area contributed by atoms with Gasteiger partial charge in [-0.2, -0.15) is 0 Å². The standard InChI is InChI=1S/C29H29N5O2/c1-19-7-6-9-23-28(19)32-18-34(29(23)36)17-27(35)31-15-24(20-11-13-21(14-12-20)33(2)3)25-16-30-26-10-5-4-8-22(25)26/h4-14,16,18,24,30H,15,17H2,1-3H3,(H,31,35). The average Bonchev–Trinajstić information content (AvgIpc) is 3.30. The van der Waals surface area contributed by atoms with Crippen molar-refractivity contribution in [1.82, 2.24) is 19.9 Å². The zero-order valence-corrected chi connectivity index (χ0v) is 20.7. The molecule has 0 aliphatic carbocycles. The van der Waals surface area contributed by atoms with Crippen molar-refractivity contribution in [3.63, 3.8) is 0 Å². The highest BCUT2D eigenvalue weighted by Gasteiger charge is 2.20. The van der Waals surface area contributed by atoms with E-state index in [9.17, 15) is 9.59 Å². The van der Waals surface area contributed by atoms with Gasteiger partial charge in [0.05, 0.1) is 17.2 Å². The van der Waals surface area contributed by atoms with Gasteiger partial charge in [-0.1, -0.05) is 42.5 Å². The molecule has 2 heterocycles. The minimum atomic E-state index is -0.236. The molecule has 0 saturated carbocycles. The van der Waals surface area contributed by atoms with Crippen molar-refractivity contribution < 1.29 is 4.79 Å². The number of para-hydroxylation sites is 2. The molecular formula is C29H29N5O2. The third-order valence-corrected chi connectivity index (χ3v) is 6.68. The van der Waals surface area contributed by atoms with Crippen LogP contribution in [0.2, 0.25) is 0 Å². The van der Waals surface area contributed by atoms with Crippen LogP contribution in [0.15, 0.2) is 84.0 Å². The number of nitrogens with one attached hydrogen (secondary N) is 2. The number of aryl methyl sites for hydroxylation is 1. The molecule has 7 nitrogen and oxygen atoms in total. The Morgan fingerprint density at radius 1 is 1.03 bits per heavy atom. The SMILES string of the molecule is Cc1cccc2c(=O)n(CC(=O)NCC(c3ccc(N(C)C)cc3)c3c[nH]c4ccccc34)cnc12. The van der Waals surface area contributed by atoms with E-state index in [1.165, 1.54) is 10.9 Å². The number of H-pyrrole nitrogens is 1. The predicted molar refractivity (Wildman–Crippen MR) is 145 cm³/mol. The van der Waals surface area contributed by atoms with Gasteiger partial charge in [-0.15, -0.1) is 0 Å². The van der Waals surface area contributed by atoms with E-state index in [4.69, 9.17) is 0 Å². The molecule has 0 spiro atoms. The summed E-state index contributed by atoms with van der Waals surface area (Å²) >= 11 is 0. The Morgan fingerprint density at radius 3 is 2.56 bits per heavy atom. The number of aromatic amines is 1. The monoisotopic (exact) mass is 479 g/mol. The van der Waals surface area contributed by atoms with Gasteiger partial charge in [-0.05, 0) is 47.9 Å². The Morgan fingerprint density at radius 2 is 1.78 bits per heavy atom. The van der Waals surface area contributed by atoms with Gasteiger partial charge in [-0.3, -0.25) is 14.2 Å². The second kappa shape index (κ2) is 9.70. The van der Waals surface area contributed by atoms with E-state index in [1.807, 2.05) is 57.5 Å². The topological polar surface area (TPSA) is 83.0 Å². The van der Waals surface area contributed by atoms with Crippen molar-refractivity contribution in [2.75, 3.05) is 25.5 Å². The predicted octanol–water partition coefficient (Wildman–Crippen LogP) is 4.20. The number of carbonyl (C=O) groups is 1. The minimum Gasteiger partial charge on any atom is -0.378 e. The van der Waals surface area contributed by atoms with E-state index >= 15 is 0 Å². The highest BCUT2D eigenvalue weighted by atomic mass is 16.2. The molecule has 3 aromatic carbocycles. The molecule has 0 bridgehead atoms. The number of rotatable bonds is 7. The maximum Gasteiger partial charge on any atom is 0.261 e. The first kappa shape index (κ1) is 23.4. The Bertz CT molecular complexity index is 1600. The molecule has 0 radical (unpaired) electrons. The van der Waals surface area contributed by atoms with Gasteiger partial charge in [0.15, 0.2) is 0 Å². The van der Waals surface area contributed by atoms with Gasteiger partial charge < -0.3 is 15.2 Å². The van der Waals surface area contributed by atoms with Crippen molar-refractivity contribution >= 4 is 33.4 Å². The van der Waals surface area contributed by atoms with Crippen LogP contribution in [-0.2, 0) is 11.3 Å². The molecule has 0 aliphatic rings. The fourth-order valence-electron chi connectivity index (χ4n) is 4.67. The summed E-state index contributed by atoms with van der Waals surface area (Å²) in [7, 11) is 4.02. The lowest BCUT2D eigenvalue weighted by molar-refractivity contribution is -0.121. The Labute approximate surface area is 209 Å². The molecule has 2 N–H and O–H groups in total. The summed E-state index contributed by atoms with van der Waals surface area (Å²) in [5.74, 6) is -0.295. The number of amides is 1. The Balaban J connectivity index is 1.40. The molecule has 1 atom stereocenters. The largest absolute Gasteiger partial charge is 0.378 e. The maximum absolute atomic E-state index is 13.0. The molecule has 5 rings (SSSR count). The number of fused-ring (bicyclic) bond motifs is 2. The quantitative estimate of drug-likeness (QED) is 0.367. The average molecular weight is 480 g/mol. The molecule has 0 aliphatic heterocycles. The minimum absolute atomic E-state index is 0.0598. The number of nitrogens with zero attached hydrogens (tertiary/aromatic N) is 3. The number of benzene rings is 3. The van der Waals surface area contributed by atoms with Crippen LogP contribution in [0.25, 0.3) is 21.8 Å². The first-order chi connectivity index (χ1) is 17.4. The summed E-state index contributed by atoms with van der Waals surface area (Å²) in [6.07, 6.45) is 3.47. The van der Waals surface area contributed by atoms with Crippen LogP contribution < -0.4 is 15.8 Å². The van der Waals surface area contributed by atoms with E-state index in [2.05, 4.69) is 50.5 Å². The maximum atomic E-state index is 13.0. The second-order valence-corrected chi connectivity index (χ2v) is 9.28. The zero-order chi connectivity index (χ0) is 25.2. The van der Waals surface area contributed by atoms with Crippen LogP contribution >= 0.6 is 0 Å². The molecule has 5 aromatic rings. The van der Waals surface area contributed by atoms with Crippen LogP contribution in [0.4, 0.5) is 5.69 Å². The molecule has 7 heteroatoms. The van der Waals surface area contributed by atoms with E-state index in [0.29, 0.717) is 17.4 Å². The Hall–Kier alpha value is -4.39. The van der Waals surface area contributed by atoms with Gasteiger partial charge in [0.1, 0.15) is 6.54 Å². The van der Waals surface area contributed by atoms with Crippen molar-refractivity contribution in [3.8, 4) is 0 Å². The van der Waals surface area contributed by atoms with Crippen LogP contribution in [0.5, 0.6) is 0 Å². The molecule has 0 saturated heterocycles. The third kappa shape index (κ3) is 4.47. The van der Waals surface area contributed by atoms with E-state index in [-0.39, 0.29) is 23.9 Å². The lowest BCUT2D eigenvalue weighted by Crippen LogP contribution is -2.35. The zero-order valence-electron chi connectivity index (χ0n) is 20.7. The number of anilines is 1. The summed E-state index contributed by atoms with van der Waals surface area (Å²) in [4.78, 5) is 35.7. The van der Waals surface area contributed by atoms with Gasteiger partial charge in [-0.25, -0.2) is 4.98 Å². The van der Waals surface area contributed by atoms with Crippen LogP contribution in [0, 0.1) is 6.92 Å². The van der Waals surface area contributed by atoms with Gasteiger partial charge >= 0.3 is 0 Å². The first-order valence-corrected chi connectivity index (χ1v) is 12.0. The molecule has 2 aromatic heterocycles. The molecule has 1 amide bonds. The first-order valence-electron chi connectivity index (χ1n) is 12.0. The second-order valence-electron chi connectivity index (χ2n) is 9.28. The van der Waals surface area contributed by atoms with Crippen LogP contribution in [-0.4, -0.2) is 41.1 Å². The van der Waals surface area contributed by atoms with E-state index in [1.54, 1.807) is 6.07 Å². The van der Waals surface area contributed by atoms with Gasteiger partial charge in [0, 0.05) is 49.3 Å². The number of aromatic nitrogens is 3. The molecule has 0 fully saturated rings. The van der Waals surface area contributed by atoms with Crippen molar-refractivity contribution in [2.24, 2.45) is 0 Å². The number of carbonyl (C=O) groups excluding carboxylic acids is 1. The highest BCUT2D eigenvalue weighted by molar-refractivity contribution is 5.85. The summed E-state index contributed by atoms with van der Waals surface area (Å²) in [6, 6.07) is 22.0. The fraction of sp³-hybridized carbons (Fsp3) is 0.207. The van der Waals surface area contributed by atoms with E-state index in [0.717, 1.165) is 33.3 Å². The summed E-state index contributed by atoms with van der Waals surface area (Å²) < 4.78 is 1.36. The number of hydrogen-bond acceptors (Lipinski definition) is 4. The lowest BCUT2D eigenvalue weighted by atomic mass is 9.90. The van der Waals surface area contributed by atoms with E-state index < -0.39 is 0 Å². The smallest absolute Gasteiger partial charge is 0.261 e. The summed E-state index contributed by atoms with van der Waals surface area (Å²) in [6.45, 7) is 2.23. The molecular weight excluding hydrogens is 450 g/mol. The van der Waals surface area contributed by atoms with Crippen LogP contribution in [0.3, 0.4) is 0 Å². The summed E-state index contributed by atoms with van der Waals surface area (Å²) in [5, 5.41) is 4.70. The fourth-order valence-corrected chi connectivity index (χ4v) is 4.67. The third-order valence-electron chi connectivity index (χ3n) is 6.68. The van der Waals surface area contributed by atoms with Gasteiger partial charge in [0.25, 0.3) is 5.56 Å². The van der Waals surface area contributed by atoms with Crippen molar-refractivity contribution in [2.45, 2.75) is 19.4 Å². The van der Waals surface area contributed by atoms with Crippen LogP contribution in [0.1, 0.15) is 22.6 Å². The lowest BCUT2D eigenvalue weighted by Gasteiger charge is -2.20. The highest BCUT2D eigenvalue weighted by Crippen LogP contribution is 2.31. The summed E-state index contributed by atoms with van der Waals surface area (Å²) in [5.41, 5.74) is 5.76. The normalized spacial score (nSPS) is 12.1.